The Bertz CT molecular complexity index is 1660. The number of benzene rings is 3. The van der Waals surface area contributed by atoms with E-state index in [2.05, 4.69) is 13.2 Å². The van der Waals surface area contributed by atoms with Gasteiger partial charge in [0.1, 0.15) is 11.6 Å². The van der Waals surface area contributed by atoms with E-state index in [9.17, 15) is 14.7 Å². The van der Waals surface area contributed by atoms with Gasteiger partial charge in [-0.15, -0.1) is 13.2 Å². The van der Waals surface area contributed by atoms with Gasteiger partial charge in [-0.3, -0.25) is 14.4 Å². The molecule has 246 valence electrons. The Labute approximate surface area is 277 Å². The van der Waals surface area contributed by atoms with E-state index in [0.29, 0.717) is 50.8 Å². The first-order valence-electron chi connectivity index (χ1n) is 16.9. The maximum absolute atomic E-state index is 15.0. The highest BCUT2D eigenvalue weighted by atomic mass is 16.5. The standard InChI is InChI=1S/C39H45N3O5/c1-4-23-40(30-17-9-7-10-18-30)35(44)32-33-36(45)42(25-13-8-14-26-43)34(39(33)22-21-38(32,6-3)47-39)37(46)41(24-5-2)31-20-19-28-15-11-12-16-29(28)27-31/h4-5,7,9-12,15-20,27,32-34,43H,1-2,6,8,13-14,21-26H2,3H3/t32-,33-,34?,38+,39?/m0/s1. The summed E-state index contributed by atoms with van der Waals surface area (Å²) in [4.78, 5) is 49.6. The lowest BCUT2D eigenvalue weighted by Crippen LogP contribution is -2.56. The average Bonchev–Trinajstić information content (AvgIpc) is 3.71. The highest BCUT2D eigenvalue weighted by Crippen LogP contribution is 2.65. The molecule has 3 saturated heterocycles. The molecule has 47 heavy (non-hydrogen) atoms. The van der Waals surface area contributed by atoms with E-state index >= 15 is 4.79 Å². The summed E-state index contributed by atoms with van der Waals surface area (Å²) < 4.78 is 7.07. The molecule has 3 aromatic carbocycles. The van der Waals surface area contributed by atoms with Crippen LogP contribution in [0.1, 0.15) is 45.4 Å². The van der Waals surface area contributed by atoms with Crippen LogP contribution in [0.15, 0.2) is 98.1 Å². The van der Waals surface area contributed by atoms with Crippen molar-refractivity contribution < 1.29 is 24.2 Å². The Kier molecular flexibility index (Phi) is 9.35. The van der Waals surface area contributed by atoms with Crippen molar-refractivity contribution in [2.75, 3.05) is 36.0 Å². The molecule has 3 aliphatic rings. The molecule has 0 radical (unpaired) electrons. The molecule has 3 heterocycles. The Hall–Kier alpha value is -4.27. The van der Waals surface area contributed by atoms with Crippen LogP contribution in [0.4, 0.5) is 11.4 Å². The number of likely N-dealkylation sites (tertiary alicyclic amines) is 1. The first-order chi connectivity index (χ1) is 22.9. The van der Waals surface area contributed by atoms with Crippen molar-refractivity contribution in [1.29, 1.82) is 0 Å². The second kappa shape index (κ2) is 13.5. The summed E-state index contributed by atoms with van der Waals surface area (Å²) in [5.74, 6) is -2.16. The minimum Gasteiger partial charge on any atom is -0.396 e. The summed E-state index contributed by atoms with van der Waals surface area (Å²) in [6.45, 7) is 10.8. The van der Waals surface area contributed by atoms with E-state index in [1.54, 1.807) is 26.9 Å². The fraction of sp³-hybridized carbons (Fsp3) is 0.410. The SMILES string of the molecule is C=CCN(C(=O)C1N(CCCCCO)C(=O)[C@@H]2[C@@H](C(=O)N(CC=C)c3ccccc3)[C@@]3(CC)CCC12O3)c1ccc2ccccc2c1. The van der Waals surface area contributed by atoms with Crippen LogP contribution in [-0.4, -0.2) is 71.2 Å². The minimum absolute atomic E-state index is 0.0648. The van der Waals surface area contributed by atoms with Crippen molar-refractivity contribution >= 4 is 39.9 Å². The predicted octanol–water partition coefficient (Wildman–Crippen LogP) is 5.90. The average molecular weight is 636 g/mol. The molecule has 3 aliphatic heterocycles. The van der Waals surface area contributed by atoms with E-state index in [1.165, 1.54) is 0 Å². The summed E-state index contributed by atoms with van der Waals surface area (Å²) >= 11 is 0. The number of fused-ring (bicyclic) bond motifs is 2. The molecule has 2 bridgehead atoms. The number of amides is 3. The van der Waals surface area contributed by atoms with Crippen LogP contribution in [-0.2, 0) is 19.1 Å². The third kappa shape index (κ3) is 5.47. The molecular weight excluding hydrogens is 590 g/mol. The Morgan fingerprint density at radius 2 is 1.57 bits per heavy atom. The molecule has 5 atom stereocenters. The molecule has 0 saturated carbocycles. The zero-order valence-electron chi connectivity index (χ0n) is 27.2. The molecule has 6 rings (SSSR count). The highest BCUT2D eigenvalue weighted by Gasteiger charge is 2.79. The van der Waals surface area contributed by atoms with Gasteiger partial charge >= 0.3 is 0 Å². The minimum atomic E-state index is -1.14. The van der Waals surface area contributed by atoms with Crippen LogP contribution >= 0.6 is 0 Å². The van der Waals surface area contributed by atoms with E-state index in [1.807, 2.05) is 79.7 Å². The molecule has 2 unspecified atom stereocenters. The summed E-state index contributed by atoms with van der Waals surface area (Å²) in [6, 6.07) is 22.5. The smallest absolute Gasteiger partial charge is 0.253 e. The fourth-order valence-corrected chi connectivity index (χ4v) is 8.36. The molecule has 8 heteroatoms. The number of rotatable bonds is 14. The molecule has 8 nitrogen and oxygen atoms in total. The van der Waals surface area contributed by atoms with Gasteiger partial charge in [0.25, 0.3) is 5.91 Å². The van der Waals surface area contributed by atoms with Crippen molar-refractivity contribution in [3.63, 3.8) is 0 Å². The van der Waals surface area contributed by atoms with Gasteiger partial charge in [-0.25, -0.2) is 0 Å². The Morgan fingerprint density at radius 1 is 0.894 bits per heavy atom. The van der Waals surface area contributed by atoms with E-state index in [0.717, 1.165) is 16.5 Å². The maximum atomic E-state index is 15.0. The number of aliphatic hydroxyl groups is 1. The van der Waals surface area contributed by atoms with E-state index < -0.39 is 29.1 Å². The van der Waals surface area contributed by atoms with Gasteiger partial charge in [0.2, 0.25) is 11.8 Å². The van der Waals surface area contributed by atoms with Crippen LogP contribution in [0.2, 0.25) is 0 Å². The third-order valence-corrected chi connectivity index (χ3v) is 10.5. The number of para-hydroxylation sites is 1. The van der Waals surface area contributed by atoms with E-state index in [4.69, 9.17) is 4.74 Å². The number of nitrogens with zero attached hydrogens (tertiary/aromatic N) is 3. The maximum Gasteiger partial charge on any atom is 0.253 e. The van der Waals surface area contributed by atoms with Gasteiger partial charge in [0.05, 0.1) is 17.4 Å². The monoisotopic (exact) mass is 635 g/mol. The molecule has 3 amide bonds. The highest BCUT2D eigenvalue weighted by molar-refractivity contribution is 6.07. The van der Waals surface area contributed by atoms with Crippen LogP contribution in [0, 0.1) is 11.8 Å². The lowest BCUT2D eigenvalue weighted by molar-refractivity contribution is -0.146. The van der Waals surface area contributed by atoms with Gasteiger partial charge < -0.3 is 24.5 Å². The van der Waals surface area contributed by atoms with Gasteiger partial charge in [0.15, 0.2) is 0 Å². The Morgan fingerprint density at radius 3 is 2.26 bits per heavy atom. The number of carbonyl (C=O) groups excluding carboxylic acids is 3. The molecule has 3 aromatic rings. The predicted molar refractivity (Wildman–Crippen MR) is 185 cm³/mol. The molecule has 3 fully saturated rings. The van der Waals surface area contributed by atoms with Crippen LogP contribution in [0.25, 0.3) is 10.8 Å². The van der Waals surface area contributed by atoms with Crippen LogP contribution in [0.5, 0.6) is 0 Å². The van der Waals surface area contributed by atoms with Crippen LogP contribution < -0.4 is 9.80 Å². The number of unbranched alkanes of at least 4 members (excludes halogenated alkanes) is 2. The molecular formula is C39H45N3O5. The summed E-state index contributed by atoms with van der Waals surface area (Å²) in [7, 11) is 0. The number of aliphatic hydroxyl groups excluding tert-OH is 1. The van der Waals surface area contributed by atoms with Gasteiger partial charge in [-0.1, -0.05) is 67.6 Å². The van der Waals surface area contributed by atoms with Gasteiger partial charge in [-0.2, -0.15) is 0 Å². The lowest BCUT2D eigenvalue weighted by atomic mass is 9.64. The number of carbonyl (C=O) groups is 3. The van der Waals surface area contributed by atoms with Crippen molar-refractivity contribution in [2.45, 2.75) is 62.7 Å². The van der Waals surface area contributed by atoms with Crippen LogP contribution in [0.3, 0.4) is 0 Å². The van der Waals surface area contributed by atoms with Crippen molar-refractivity contribution in [2.24, 2.45) is 11.8 Å². The number of hydrogen-bond donors (Lipinski definition) is 1. The quantitative estimate of drug-likeness (QED) is 0.176. The largest absolute Gasteiger partial charge is 0.396 e. The first kappa shape index (κ1) is 32.7. The second-order valence-corrected chi connectivity index (χ2v) is 13.0. The number of hydrogen-bond acceptors (Lipinski definition) is 5. The van der Waals surface area contributed by atoms with Gasteiger partial charge in [-0.05, 0) is 73.6 Å². The normalized spacial score (nSPS) is 26.0. The molecule has 1 spiro atoms. The summed E-state index contributed by atoms with van der Waals surface area (Å²) in [5, 5.41) is 11.5. The molecule has 0 aliphatic carbocycles. The summed E-state index contributed by atoms with van der Waals surface area (Å²) in [5.41, 5.74) is -0.561. The number of anilines is 2. The topological polar surface area (TPSA) is 90.4 Å². The molecule has 0 aromatic heterocycles. The fourth-order valence-electron chi connectivity index (χ4n) is 8.36. The van der Waals surface area contributed by atoms with E-state index in [-0.39, 0.29) is 37.4 Å². The van der Waals surface area contributed by atoms with Crippen molar-refractivity contribution in [1.82, 2.24) is 4.90 Å². The zero-order valence-corrected chi connectivity index (χ0v) is 27.2. The number of ether oxygens (including phenoxy) is 1. The molecule has 1 N–H and O–H groups in total. The van der Waals surface area contributed by atoms with Crippen molar-refractivity contribution in [3.05, 3.63) is 98.1 Å². The first-order valence-corrected chi connectivity index (χ1v) is 16.9. The van der Waals surface area contributed by atoms with Crippen molar-refractivity contribution in [3.8, 4) is 0 Å². The Balaban J connectivity index is 1.43. The lowest BCUT2D eigenvalue weighted by Gasteiger charge is -2.37. The second-order valence-electron chi connectivity index (χ2n) is 13.0. The van der Waals surface area contributed by atoms with Gasteiger partial charge in [0, 0.05) is 37.6 Å². The third-order valence-electron chi connectivity index (χ3n) is 10.5. The summed E-state index contributed by atoms with van der Waals surface area (Å²) in [6.07, 6.45) is 6.98. The zero-order chi connectivity index (χ0) is 33.2.